The van der Waals surface area contributed by atoms with Crippen LogP contribution in [0, 0.1) is 6.92 Å². The average Bonchev–Trinajstić information content (AvgIpc) is 3.45. The molecule has 3 aliphatic carbocycles. The highest BCUT2D eigenvalue weighted by Gasteiger charge is 2.48. The Morgan fingerprint density at radius 3 is 1.77 bits per heavy atom. The molecular weight excluding hydrogens is 380 g/mol. The fourth-order valence-corrected chi connectivity index (χ4v) is 5.81. The van der Waals surface area contributed by atoms with Crippen LogP contribution in [-0.2, 0) is 25.8 Å². The lowest BCUT2D eigenvalue weighted by Gasteiger charge is -2.38. The number of aryl methyl sites for hydroxylation is 1. The number of Topliss-reactive ketones (excluding diaryl/α,β-unsaturated/α-hetero) is 2. The maximum atomic E-state index is 12.2. The summed E-state index contributed by atoms with van der Waals surface area (Å²) in [5.74, 6) is -0.394. The Morgan fingerprint density at radius 2 is 1.26 bits per heavy atom. The van der Waals surface area contributed by atoms with Gasteiger partial charge in [0, 0.05) is 29.1 Å². The molecule has 0 atom stereocenters. The second kappa shape index (κ2) is 6.51. The lowest BCUT2D eigenvalue weighted by molar-refractivity contribution is -0.123. The van der Waals surface area contributed by atoms with Crippen molar-refractivity contribution in [2.75, 3.05) is 0 Å². The van der Waals surface area contributed by atoms with E-state index in [9.17, 15) is 9.59 Å². The molecule has 31 heavy (non-hydrogen) atoms. The molecule has 0 N–H and O–H groups in total. The van der Waals surface area contributed by atoms with Gasteiger partial charge in [-0.15, -0.1) is 0 Å². The molecule has 5 rings (SSSR count). The molecule has 0 radical (unpaired) electrons. The van der Waals surface area contributed by atoms with E-state index < -0.39 is 5.92 Å². The zero-order valence-electron chi connectivity index (χ0n) is 19.3. The van der Waals surface area contributed by atoms with Gasteiger partial charge in [-0.05, 0) is 53.1 Å². The first kappa shape index (κ1) is 20.4. The first-order chi connectivity index (χ1) is 14.6. The molecule has 0 saturated heterocycles. The van der Waals surface area contributed by atoms with Crippen molar-refractivity contribution in [2.45, 2.75) is 82.5 Å². The van der Waals surface area contributed by atoms with Gasteiger partial charge in [0.25, 0.3) is 0 Å². The van der Waals surface area contributed by atoms with E-state index in [2.05, 4.69) is 71.0 Å². The molecule has 2 nitrogen and oxygen atoms in total. The summed E-state index contributed by atoms with van der Waals surface area (Å²) >= 11 is 0. The van der Waals surface area contributed by atoms with Crippen molar-refractivity contribution >= 4 is 11.6 Å². The van der Waals surface area contributed by atoms with E-state index >= 15 is 0 Å². The summed E-state index contributed by atoms with van der Waals surface area (Å²) in [5.41, 5.74) is 7.97. The highest BCUT2D eigenvalue weighted by molar-refractivity contribution is 6.13. The van der Waals surface area contributed by atoms with Crippen molar-refractivity contribution in [3.8, 4) is 0 Å². The molecule has 2 heteroatoms. The molecule has 0 amide bonds. The van der Waals surface area contributed by atoms with Gasteiger partial charge in [0.15, 0.2) is 0 Å². The zero-order chi connectivity index (χ0) is 22.2. The van der Waals surface area contributed by atoms with Crippen LogP contribution in [0.15, 0.2) is 48.6 Å². The third kappa shape index (κ3) is 3.06. The van der Waals surface area contributed by atoms with Crippen molar-refractivity contribution in [3.63, 3.8) is 0 Å². The van der Waals surface area contributed by atoms with Gasteiger partial charge >= 0.3 is 0 Å². The Balaban J connectivity index is 1.56. The van der Waals surface area contributed by atoms with Gasteiger partial charge in [-0.1, -0.05) is 76.2 Å². The maximum Gasteiger partial charge on any atom is 0.148 e. The van der Waals surface area contributed by atoms with E-state index in [1.165, 1.54) is 27.8 Å². The molecule has 160 valence electrons. The number of rotatable bonds is 3. The van der Waals surface area contributed by atoms with Crippen molar-refractivity contribution < 1.29 is 9.59 Å². The molecular formula is C29H32O2. The number of benzene rings is 2. The second-order valence-corrected chi connectivity index (χ2v) is 11.1. The van der Waals surface area contributed by atoms with Gasteiger partial charge < -0.3 is 0 Å². The van der Waals surface area contributed by atoms with Crippen molar-refractivity contribution in [3.05, 3.63) is 81.9 Å². The number of carbonyl (C=O) groups is 2. The number of allylic oxidation sites excluding steroid dienone is 2. The van der Waals surface area contributed by atoms with E-state index in [0.717, 1.165) is 18.4 Å². The molecule has 0 bridgehead atoms. The molecule has 3 aliphatic rings. The molecule has 0 unspecified atom stereocenters. The quantitative estimate of drug-likeness (QED) is 0.443. The summed E-state index contributed by atoms with van der Waals surface area (Å²) in [6, 6.07) is 13.3. The van der Waals surface area contributed by atoms with Gasteiger partial charge in [-0.2, -0.15) is 0 Å². The first-order valence-electron chi connectivity index (χ1n) is 11.6. The van der Waals surface area contributed by atoms with E-state index in [0.29, 0.717) is 12.8 Å². The van der Waals surface area contributed by atoms with Crippen LogP contribution in [0.2, 0.25) is 0 Å². The van der Waals surface area contributed by atoms with Crippen molar-refractivity contribution in [2.24, 2.45) is 0 Å². The summed E-state index contributed by atoms with van der Waals surface area (Å²) in [7, 11) is 0. The summed E-state index contributed by atoms with van der Waals surface area (Å²) in [5, 5.41) is 0. The summed E-state index contributed by atoms with van der Waals surface area (Å²) in [6.07, 6.45) is 7.79. The van der Waals surface area contributed by atoms with Crippen LogP contribution in [0.1, 0.15) is 92.7 Å². The van der Waals surface area contributed by atoms with Gasteiger partial charge in [-0.3, -0.25) is 9.59 Å². The standard InChI is InChI=1S/C29H32O2/c1-18-16-22-23(28(4,5)13-12-27(22,2)3)17-21(18)29(14-15-29)20-8-6-19(7-9-20)26-24(30)10-11-25(26)31/h6-9,12-13,16-17,26H,10-11,14-15H2,1-5H3. The van der Waals surface area contributed by atoms with Crippen LogP contribution in [0.4, 0.5) is 0 Å². The number of hydrogen-bond acceptors (Lipinski definition) is 2. The largest absolute Gasteiger partial charge is 0.299 e. The Hall–Kier alpha value is -2.48. The van der Waals surface area contributed by atoms with E-state index in [4.69, 9.17) is 0 Å². The molecule has 2 aromatic rings. The summed E-state index contributed by atoms with van der Waals surface area (Å²) in [6.45, 7) is 11.5. The molecule has 2 aromatic carbocycles. The maximum absolute atomic E-state index is 12.2. The number of ketones is 2. The predicted octanol–water partition coefficient (Wildman–Crippen LogP) is 6.22. The third-order valence-corrected chi connectivity index (χ3v) is 7.99. The highest BCUT2D eigenvalue weighted by atomic mass is 16.2. The average molecular weight is 413 g/mol. The molecule has 2 fully saturated rings. The Morgan fingerprint density at radius 1 is 0.742 bits per heavy atom. The molecule has 2 saturated carbocycles. The fraction of sp³-hybridized carbons (Fsp3) is 0.448. The number of fused-ring (bicyclic) bond motifs is 1. The smallest absolute Gasteiger partial charge is 0.148 e. The third-order valence-electron chi connectivity index (χ3n) is 7.99. The fourth-order valence-electron chi connectivity index (χ4n) is 5.81. The van der Waals surface area contributed by atoms with Crippen LogP contribution >= 0.6 is 0 Å². The Bertz CT molecular complexity index is 1110. The van der Waals surface area contributed by atoms with E-state index in [1.54, 1.807) is 0 Å². The van der Waals surface area contributed by atoms with Crippen LogP contribution in [0.25, 0.3) is 0 Å². The van der Waals surface area contributed by atoms with Gasteiger partial charge in [0.1, 0.15) is 17.5 Å². The Labute approximate surface area is 185 Å². The van der Waals surface area contributed by atoms with Crippen LogP contribution in [-0.4, -0.2) is 11.6 Å². The lowest BCUT2D eigenvalue weighted by atomic mass is 9.66. The van der Waals surface area contributed by atoms with Crippen LogP contribution in [0.5, 0.6) is 0 Å². The second-order valence-electron chi connectivity index (χ2n) is 11.1. The van der Waals surface area contributed by atoms with Crippen molar-refractivity contribution in [1.82, 2.24) is 0 Å². The van der Waals surface area contributed by atoms with Crippen LogP contribution < -0.4 is 0 Å². The van der Waals surface area contributed by atoms with Gasteiger partial charge in [-0.25, -0.2) is 0 Å². The zero-order valence-corrected chi connectivity index (χ0v) is 19.3. The summed E-state index contributed by atoms with van der Waals surface area (Å²) in [4.78, 5) is 24.3. The van der Waals surface area contributed by atoms with Crippen LogP contribution in [0.3, 0.4) is 0 Å². The number of carbonyl (C=O) groups excluding carboxylic acids is 2. The van der Waals surface area contributed by atoms with E-state index in [-0.39, 0.29) is 27.8 Å². The minimum Gasteiger partial charge on any atom is -0.299 e. The minimum absolute atomic E-state index is 0.0242. The van der Waals surface area contributed by atoms with Crippen molar-refractivity contribution in [1.29, 1.82) is 0 Å². The Kier molecular flexibility index (Phi) is 4.29. The van der Waals surface area contributed by atoms with E-state index in [1.807, 2.05) is 12.1 Å². The molecule has 0 heterocycles. The lowest BCUT2D eigenvalue weighted by Crippen LogP contribution is -2.30. The van der Waals surface area contributed by atoms with Gasteiger partial charge in [0.2, 0.25) is 0 Å². The normalized spacial score (nSPS) is 23.1. The van der Waals surface area contributed by atoms with Gasteiger partial charge in [0.05, 0.1) is 0 Å². The molecule has 0 spiro atoms. The SMILES string of the molecule is Cc1cc2c(cc1C1(c3ccc(C4C(=O)CCC4=O)cc3)CC1)C(C)(C)C=CC2(C)C. The first-order valence-corrected chi connectivity index (χ1v) is 11.6. The molecule has 0 aliphatic heterocycles. The number of hydrogen-bond donors (Lipinski definition) is 0. The topological polar surface area (TPSA) is 34.1 Å². The minimum atomic E-state index is -0.537. The highest BCUT2D eigenvalue weighted by Crippen LogP contribution is 2.56. The molecule has 0 aromatic heterocycles. The monoisotopic (exact) mass is 412 g/mol. The predicted molar refractivity (Wildman–Crippen MR) is 125 cm³/mol. The summed E-state index contributed by atoms with van der Waals surface area (Å²) < 4.78 is 0.